The summed E-state index contributed by atoms with van der Waals surface area (Å²) in [6, 6.07) is 7.13. The second-order valence-electron chi connectivity index (χ2n) is 4.57. The van der Waals surface area contributed by atoms with Crippen LogP contribution in [0.2, 0.25) is 0 Å². The topological polar surface area (TPSA) is 77.2 Å². The zero-order valence-corrected chi connectivity index (χ0v) is 15.2. The summed E-state index contributed by atoms with van der Waals surface area (Å²) in [7, 11) is 0. The fraction of sp³-hybridized carbons (Fsp3) is 0.333. The Balaban J connectivity index is 0.00000242. The standard InChI is InChI=1S/C15H19N3O2S.2ClH/c1-11-18-13(10-21-11)9-20-14-5-2-4-12(8-14)15(19)17-7-3-6-16;;/h2,4-5,8,10H,3,6-7,9,16H2,1H3,(H,17,19);2*1H. The van der Waals surface area contributed by atoms with Crippen LogP contribution in [0.5, 0.6) is 5.75 Å². The van der Waals surface area contributed by atoms with Crippen LogP contribution in [0.25, 0.3) is 0 Å². The molecule has 23 heavy (non-hydrogen) atoms. The zero-order chi connectivity index (χ0) is 15.1. The average Bonchev–Trinajstić information content (AvgIpc) is 2.91. The highest BCUT2D eigenvalue weighted by atomic mass is 35.5. The lowest BCUT2D eigenvalue weighted by atomic mass is 10.2. The fourth-order valence-corrected chi connectivity index (χ4v) is 2.36. The summed E-state index contributed by atoms with van der Waals surface area (Å²) in [4.78, 5) is 16.3. The Labute approximate surface area is 152 Å². The Morgan fingerprint density at radius 1 is 1.39 bits per heavy atom. The molecule has 0 saturated carbocycles. The highest BCUT2D eigenvalue weighted by Gasteiger charge is 2.06. The lowest BCUT2D eigenvalue weighted by Crippen LogP contribution is -2.25. The van der Waals surface area contributed by atoms with E-state index < -0.39 is 0 Å². The number of hydrogen-bond acceptors (Lipinski definition) is 5. The monoisotopic (exact) mass is 377 g/mol. The summed E-state index contributed by atoms with van der Waals surface area (Å²) in [5, 5.41) is 5.81. The number of benzene rings is 1. The Morgan fingerprint density at radius 3 is 2.83 bits per heavy atom. The minimum atomic E-state index is -0.113. The zero-order valence-electron chi connectivity index (χ0n) is 12.8. The van der Waals surface area contributed by atoms with Crippen LogP contribution in [0.15, 0.2) is 29.6 Å². The predicted molar refractivity (Wildman–Crippen MR) is 98.1 cm³/mol. The lowest BCUT2D eigenvalue weighted by molar-refractivity contribution is 0.0953. The number of hydrogen-bond donors (Lipinski definition) is 2. The van der Waals surface area contributed by atoms with Gasteiger partial charge in [-0.15, -0.1) is 36.2 Å². The van der Waals surface area contributed by atoms with Crippen molar-refractivity contribution in [3.8, 4) is 5.75 Å². The van der Waals surface area contributed by atoms with E-state index in [0.717, 1.165) is 17.1 Å². The van der Waals surface area contributed by atoms with Crippen LogP contribution in [0, 0.1) is 6.92 Å². The smallest absolute Gasteiger partial charge is 0.251 e. The number of nitrogens with one attached hydrogen (secondary N) is 1. The molecule has 3 N–H and O–H groups in total. The molecule has 128 valence electrons. The quantitative estimate of drug-likeness (QED) is 0.727. The lowest BCUT2D eigenvalue weighted by Gasteiger charge is -2.07. The number of rotatable bonds is 7. The Kier molecular flexibility index (Phi) is 10.6. The summed E-state index contributed by atoms with van der Waals surface area (Å²) >= 11 is 1.59. The first kappa shape index (κ1) is 21.7. The van der Waals surface area contributed by atoms with Crippen molar-refractivity contribution in [1.29, 1.82) is 0 Å². The Hall–Kier alpha value is -1.34. The van der Waals surface area contributed by atoms with E-state index in [1.165, 1.54) is 0 Å². The normalized spacial score (nSPS) is 9.48. The first-order valence-corrected chi connectivity index (χ1v) is 7.69. The van der Waals surface area contributed by atoms with Crippen molar-refractivity contribution in [3.05, 3.63) is 45.9 Å². The molecule has 1 aromatic heterocycles. The van der Waals surface area contributed by atoms with Crippen molar-refractivity contribution in [2.75, 3.05) is 13.1 Å². The van der Waals surface area contributed by atoms with Gasteiger partial charge in [-0.2, -0.15) is 0 Å². The van der Waals surface area contributed by atoms with Crippen LogP contribution in [0.3, 0.4) is 0 Å². The minimum absolute atomic E-state index is 0. The Bertz CT molecular complexity index is 608. The van der Waals surface area contributed by atoms with Crippen molar-refractivity contribution in [2.45, 2.75) is 20.0 Å². The molecule has 1 aromatic carbocycles. The van der Waals surface area contributed by atoms with E-state index in [0.29, 0.717) is 31.0 Å². The number of nitrogens with zero attached hydrogens (tertiary/aromatic N) is 1. The fourth-order valence-electron chi connectivity index (χ4n) is 1.76. The van der Waals surface area contributed by atoms with Gasteiger partial charge in [0.2, 0.25) is 0 Å². The molecule has 0 aliphatic heterocycles. The summed E-state index contributed by atoms with van der Waals surface area (Å²) < 4.78 is 5.67. The van der Waals surface area contributed by atoms with Gasteiger partial charge in [-0.25, -0.2) is 4.98 Å². The second-order valence-corrected chi connectivity index (χ2v) is 5.63. The highest BCUT2D eigenvalue weighted by molar-refractivity contribution is 7.09. The number of aryl methyl sites for hydroxylation is 1. The maximum atomic E-state index is 11.9. The first-order valence-electron chi connectivity index (χ1n) is 6.81. The first-order chi connectivity index (χ1) is 10.2. The molecular formula is C15H21Cl2N3O2S. The predicted octanol–water partition coefficient (Wildman–Crippen LogP) is 2.95. The van der Waals surface area contributed by atoms with E-state index in [1.807, 2.05) is 18.4 Å². The van der Waals surface area contributed by atoms with Gasteiger partial charge in [0.1, 0.15) is 12.4 Å². The summed E-state index contributed by atoms with van der Waals surface area (Å²) in [6.45, 7) is 3.51. The van der Waals surface area contributed by atoms with Crippen LogP contribution < -0.4 is 15.8 Å². The number of carbonyl (C=O) groups excluding carboxylic acids is 1. The van der Waals surface area contributed by atoms with E-state index in [-0.39, 0.29) is 30.7 Å². The van der Waals surface area contributed by atoms with E-state index in [1.54, 1.807) is 29.5 Å². The van der Waals surface area contributed by atoms with E-state index in [9.17, 15) is 4.79 Å². The minimum Gasteiger partial charge on any atom is -0.487 e. The molecule has 0 spiro atoms. The Morgan fingerprint density at radius 2 is 2.17 bits per heavy atom. The van der Waals surface area contributed by atoms with Gasteiger partial charge in [0, 0.05) is 17.5 Å². The SMILES string of the molecule is Cc1nc(COc2cccc(C(=O)NCCCN)c2)cs1.Cl.Cl. The van der Waals surface area contributed by atoms with Crippen molar-refractivity contribution in [2.24, 2.45) is 5.73 Å². The van der Waals surface area contributed by atoms with Crippen LogP contribution in [0.1, 0.15) is 27.5 Å². The molecule has 0 fully saturated rings. The van der Waals surface area contributed by atoms with Crippen molar-refractivity contribution in [1.82, 2.24) is 10.3 Å². The van der Waals surface area contributed by atoms with Crippen molar-refractivity contribution in [3.63, 3.8) is 0 Å². The molecule has 0 aliphatic carbocycles. The van der Waals surface area contributed by atoms with Crippen LogP contribution >= 0.6 is 36.2 Å². The molecule has 0 unspecified atom stereocenters. The maximum Gasteiger partial charge on any atom is 0.251 e. The molecule has 0 aliphatic rings. The molecule has 0 bridgehead atoms. The maximum absolute atomic E-state index is 11.9. The van der Waals surface area contributed by atoms with Gasteiger partial charge in [-0.3, -0.25) is 4.79 Å². The molecule has 8 heteroatoms. The molecule has 2 rings (SSSR count). The molecule has 0 atom stereocenters. The largest absolute Gasteiger partial charge is 0.487 e. The van der Waals surface area contributed by atoms with Gasteiger partial charge in [-0.1, -0.05) is 6.07 Å². The number of amides is 1. The molecule has 1 heterocycles. The molecule has 2 aromatic rings. The van der Waals surface area contributed by atoms with Crippen LogP contribution in [-0.4, -0.2) is 24.0 Å². The van der Waals surface area contributed by atoms with E-state index in [4.69, 9.17) is 10.5 Å². The van der Waals surface area contributed by atoms with Gasteiger partial charge in [0.15, 0.2) is 0 Å². The van der Waals surface area contributed by atoms with Crippen molar-refractivity contribution >= 4 is 42.1 Å². The van der Waals surface area contributed by atoms with E-state index in [2.05, 4.69) is 10.3 Å². The van der Waals surface area contributed by atoms with Crippen LogP contribution in [0.4, 0.5) is 0 Å². The molecular weight excluding hydrogens is 357 g/mol. The number of carbonyl (C=O) groups is 1. The third-order valence-corrected chi connectivity index (χ3v) is 3.64. The number of aromatic nitrogens is 1. The van der Waals surface area contributed by atoms with Crippen molar-refractivity contribution < 1.29 is 9.53 Å². The molecule has 5 nitrogen and oxygen atoms in total. The van der Waals surface area contributed by atoms with E-state index >= 15 is 0 Å². The number of halogens is 2. The third kappa shape index (κ3) is 7.18. The van der Waals surface area contributed by atoms with Gasteiger partial charge in [0.05, 0.1) is 10.7 Å². The number of thiazole rings is 1. The van der Waals surface area contributed by atoms with Gasteiger partial charge < -0.3 is 15.8 Å². The molecule has 0 radical (unpaired) electrons. The third-order valence-electron chi connectivity index (χ3n) is 2.82. The summed E-state index contributed by atoms with van der Waals surface area (Å²) in [6.07, 6.45) is 0.769. The molecule has 0 saturated heterocycles. The average molecular weight is 378 g/mol. The summed E-state index contributed by atoms with van der Waals surface area (Å²) in [5.41, 5.74) is 6.88. The van der Waals surface area contributed by atoms with Gasteiger partial charge in [-0.05, 0) is 38.1 Å². The van der Waals surface area contributed by atoms with Crippen LogP contribution in [-0.2, 0) is 6.61 Å². The number of nitrogens with two attached hydrogens (primary N) is 1. The second kappa shape index (κ2) is 11.2. The number of ether oxygens (including phenoxy) is 1. The molecule has 1 amide bonds. The highest BCUT2D eigenvalue weighted by Crippen LogP contribution is 2.16. The van der Waals surface area contributed by atoms with Gasteiger partial charge >= 0.3 is 0 Å². The summed E-state index contributed by atoms with van der Waals surface area (Å²) in [5.74, 6) is 0.547. The van der Waals surface area contributed by atoms with Gasteiger partial charge in [0.25, 0.3) is 5.91 Å².